The van der Waals surface area contributed by atoms with Gasteiger partial charge in [0.2, 0.25) is 5.91 Å². The van der Waals surface area contributed by atoms with Gasteiger partial charge in [0.1, 0.15) is 6.33 Å². The largest absolute Gasteiger partial charge is 0.348 e. The van der Waals surface area contributed by atoms with Crippen LogP contribution >= 0.6 is 0 Å². The maximum Gasteiger partial charge on any atom is 0.227 e. The van der Waals surface area contributed by atoms with E-state index in [1.807, 2.05) is 34.9 Å². The number of aryl methyl sites for hydroxylation is 3. The molecule has 0 radical (unpaired) electrons. The molecule has 1 heterocycles. The van der Waals surface area contributed by atoms with Gasteiger partial charge in [-0.25, -0.2) is 0 Å². The summed E-state index contributed by atoms with van der Waals surface area (Å²) in [5.41, 5.74) is 3.73. The summed E-state index contributed by atoms with van der Waals surface area (Å²) in [6.45, 7) is 1.21. The quantitative estimate of drug-likeness (QED) is 0.747. The van der Waals surface area contributed by atoms with Gasteiger partial charge < -0.3 is 9.88 Å². The highest BCUT2D eigenvalue weighted by Gasteiger charge is 2.28. The molecule has 2 aromatic carbocycles. The molecule has 1 aliphatic carbocycles. The molecule has 0 spiro atoms. The van der Waals surface area contributed by atoms with Crippen LogP contribution in [-0.2, 0) is 30.7 Å². The van der Waals surface area contributed by atoms with Crippen LogP contribution in [0.2, 0.25) is 0 Å². The Hall–Kier alpha value is -2.95. The molecule has 0 aliphatic heterocycles. The van der Waals surface area contributed by atoms with Crippen LogP contribution in [-0.4, -0.2) is 20.7 Å². The van der Waals surface area contributed by atoms with Gasteiger partial charge in [0.25, 0.3) is 0 Å². The van der Waals surface area contributed by atoms with E-state index in [2.05, 4.69) is 39.8 Å². The van der Waals surface area contributed by atoms with Gasteiger partial charge in [-0.1, -0.05) is 54.6 Å². The molecule has 4 rings (SSSR count). The van der Waals surface area contributed by atoms with E-state index in [9.17, 15) is 4.79 Å². The highest BCUT2D eigenvalue weighted by atomic mass is 16.1. The second kappa shape index (κ2) is 7.52. The normalized spacial score (nSPS) is 15.6. The fourth-order valence-corrected chi connectivity index (χ4v) is 3.62. The molecule has 1 amide bonds. The van der Waals surface area contributed by atoms with Crippen molar-refractivity contribution in [2.24, 2.45) is 0 Å². The van der Waals surface area contributed by atoms with Gasteiger partial charge in [-0.15, -0.1) is 10.2 Å². The van der Waals surface area contributed by atoms with Crippen molar-refractivity contribution in [2.75, 3.05) is 0 Å². The molecule has 132 valence electrons. The Morgan fingerprint density at radius 3 is 2.81 bits per heavy atom. The first-order valence-electron chi connectivity index (χ1n) is 9.07. The third kappa shape index (κ3) is 3.52. The first kappa shape index (κ1) is 16.5. The number of hydrogen-bond donors (Lipinski definition) is 1. The topological polar surface area (TPSA) is 59.8 Å². The zero-order valence-electron chi connectivity index (χ0n) is 14.6. The maximum atomic E-state index is 12.6. The minimum Gasteiger partial charge on any atom is -0.348 e. The van der Waals surface area contributed by atoms with Crippen molar-refractivity contribution in [3.8, 4) is 0 Å². The fraction of sp³-hybridized carbons (Fsp3) is 0.286. The number of rotatable bonds is 6. The molecule has 0 unspecified atom stereocenters. The van der Waals surface area contributed by atoms with Crippen molar-refractivity contribution in [2.45, 2.75) is 38.3 Å². The standard InChI is InChI=1S/C21H22N4O/c26-21(19-11-10-17-8-4-5-9-18(17)19)22-14-20-24-23-15-25(20)13-12-16-6-2-1-3-7-16/h1-9,15,19H,10-14H2,(H,22,26)/t19-/m1/s1. The molecule has 1 atom stereocenters. The molecule has 1 N–H and O–H groups in total. The minimum atomic E-state index is -0.0492. The van der Waals surface area contributed by atoms with E-state index in [4.69, 9.17) is 0 Å². The summed E-state index contributed by atoms with van der Waals surface area (Å²) >= 11 is 0. The smallest absolute Gasteiger partial charge is 0.227 e. The number of benzene rings is 2. The van der Waals surface area contributed by atoms with E-state index in [0.29, 0.717) is 6.54 Å². The Balaban J connectivity index is 1.36. The number of aromatic nitrogens is 3. The van der Waals surface area contributed by atoms with Crippen LogP contribution in [0.4, 0.5) is 0 Å². The molecule has 3 aromatic rings. The summed E-state index contributed by atoms with van der Waals surface area (Å²) in [6, 6.07) is 18.6. The number of carbonyl (C=O) groups excluding carboxylic acids is 1. The number of carbonyl (C=O) groups is 1. The highest BCUT2D eigenvalue weighted by Crippen LogP contribution is 2.32. The van der Waals surface area contributed by atoms with E-state index in [-0.39, 0.29) is 11.8 Å². The second-order valence-corrected chi connectivity index (χ2v) is 6.68. The van der Waals surface area contributed by atoms with Crippen LogP contribution in [0.3, 0.4) is 0 Å². The lowest BCUT2D eigenvalue weighted by Crippen LogP contribution is -2.29. The van der Waals surface area contributed by atoms with E-state index in [0.717, 1.165) is 37.2 Å². The number of amides is 1. The molecule has 0 saturated heterocycles. The summed E-state index contributed by atoms with van der Waals surface area (Å²) in [7, 11) is 0. The predicted molar refractivity (Wildman–Crippen MR) is 99.5 cm³/mol. The number of fused-ring (bicyclic) bond motifs is 1. The summed E-state index contributed by atoms with van der Waals surface area (Å²) < 4.78 is 2.01. The minimum absolute atomic E-state index is 0.0492. The maximum absolute atomic E-state index is 12.6. The van der Waals surface area contributed by atoms with Crippen molar-refractivity contribution in [3.05, 3.63) is 83.4 Å². The monoisotopic (exact) mass is 346 g/mol. The first-order valence-corrected chi connectivity index (χ1v) is 9.07. The lowest BCUT2D eigenvalue weighted by molar-refractivity contribution is -0.122. The Morgan fingerprint density at radius 2 is 1.92 bits per heavy atom. The first-order chi connectivity index (χ1) is 12.8. The molecular weight excluding hydrogens is 324 g/mol. The summed E-state index contributed by atoms with van der Waals surface area (Å²) in [6.07, 6.45) is 4.50. The Bertz CT molecular complexity index is 888. The van der Waals surface area contributed by atoms with Gasteiger partial charge >= 0.3 is 0 Å². The molecular formula is C21H22N4O. The molecule has 5 heteroatoms. The van der Waals surface area contributed by atoms with Crippen LogP contribution in [0, 0.1) is 0 Å². The summed E-state index contributed by atoms with van der Waals surface area (Å²) in [4.78, 5) is 12.6. The van der Waals surface area contributed by atoms with Crippen molar-refractivity contribution in [1.82, 2.24) is 20.1 Å². The molecule has 0 fully saturated rings. The Kier molecular flexibility index (Phi) is 4.78. The summed E-state index contributed by atoms with van der Waals surface area (Å²) in [5, 5.41) is 11.2. The number of nitrogens with one attached hydrogen (secondary N) is 1. The average Bonchev–Trinajstić information content (AvgIpc) is 3.32. The lowest BCUT2D eigenvalue weighted by Gasteiger charge is -2.13. The fourth-order valence-electron chi connectivity index (χ4n) is 3.62. The number of hydrogen-bond acceptors (Lipinski definition) is 3. The highest BCUT2D eigenvalue weighted by molar-refractivity contribution is 5.84. The van der Waals surface area contributed by atoms with Crippen molar-refractivity contribution in [3.63, 3.8) is 0 Å². The number of nitrogens with zero attached hydrogens (tertiary/aromatic N) is 3. The SMILES string of the molecule is O=C(NCc1nncn1CCc1ccccc1)[C@@H]1CCc2ccccc21. The molecule has 5 nitrogen and oxygen atoms in total. The van der Waals surface area contributed by atoms with Crippen LogP contribution in [0.1, 0.15) is 34.9 Å². The van der Waals surface area contributed by atoms with Crippen LogP contribution in [0.5, 0.6) is 0 Å². The van der Waals surface area contributed by atoms with E-state index in [1.54, 1.807) is 6.33 Å². The van der Waals surface area contributed by atoms with Crippen molar-refractivity contribution >= 4 is 5.91 Å². The molecule has 1 aliphatic rings. The van der Waals surface area contributed by atoms with Gasteiger partial charge in [-0.3, -0.25) is 4.79 Å². The van der Waals surface area contributed by atoms with Gasteiger partial charge in [-0.2, -0.15) is 0 Å². The van der Waals surface area contributed by atoms with Crippen LogP contribution in [0.15, 0.2) is 60.9 Å². The van der Waals surface area contributed by atoms with Crippen LogP contribution < -0.4 is 5.32 Å². The van der Waals surface area contributed by atoms with Crippen molar-refractivity contribution in [1.29, 1.82) is 0 Å². The molecule has 26 heavy (non-hydrogen) atoms. The zero-order chi connectivity index (χ0) is 17.8. The Morgan fingerprint density at radius 1 is 1.12 bits per heavy atom. The predicted octanol–water partition coefficient (Wildman–Crippen LogP) is 2.87. The van der Waals surface area contributed by atoms with Gasteiger partial charge in [-0.05, 0) is 36.0 Å². The average molecular weight is 346 g/mol. The zero-order valence-corrected chi connectivity index (χ0v) is 14.6. The van der Waals surface area contributed by atoms with Gasteiger partial charge in [0.15, 0.2) is 5.82 Å². The van der Waals surface area contributed by atoms with Gasteiger partial charge in [0, 0.05) is 6.54 Å². The molecule has 0 saturated carbocycles. The van der Waals surface area contributed by atoms with Crippen molar-refractivity contribution < 1.29 is 4.79 Å². The summed E-state index contributed by atoms with van der Waals surface area (Å²) in [5.74, 6) is 0.819. The van der Waals surface area contributed by atoms with Crippen LogP contribution in [0.25, 0.3) is 0 Å². The second-order valence-electron chi connectivity index (χ2n) is 6.68. The molecule has 1 aromatic heterocycles. The third-order valence-corrected chi connectivity index (χ3v) is 5.05. The molecule has 0 bridgehead atoms. The third-order valence-electron chi connectivity index (χ3n) is 5.05. The van der Waals surface area contributed by atoms with Gasteiger partial charge in [0.05, 0.1) is 12.5 Å². The van der Waals surface area contributed by atoms with E-state index >= 15 is 0 Å². The Labute approximate surface area is 153 Å². The van der Waals surface area contributed by atoms with E-state index in [1.165, 1.54) is 11.1 Å². The van der Waals surface area contributed by atoms with E-state index < -0.39 is 0 Å². The lowest BCUT2D eigenvalue weighted by atomic mass is 10.0.